The molecule has 7 nitrogen and oxygen atoms in total. The van der Waals surface area contributed by atoms with Gasteiger partial charge in [-0.05, 0) is 13.3 Å². The molecule has 0 saturated heterocycles. The Morgan fingerprint density at radius 1 is 1.38 bits per heavy atom. The first-order chi connectivity index (χ1) is 10.1. The highest BCUT2D eigenvalue weighted by Crippen LogP contribution is 2.22. The summed E-state index contributed by atoms with van der Waals surface area (Å²) >= 11 is 0. The minimum Gasteiger partial charge on any atom is -0.383 e. The summed E-state index contributed by atoms with van der Waals surface area (Å²) in [5.74, 6) is 0.684. The fraction of sp³-hybridized carbons (Fsp3) is 0.643. The number of hydrogen-bond acceptors (Lipinski definition) is 4. The maximum Gasteiger partial charge on any atom is 0.228 e. The number of nitrogens with zero attached hydrogens (tertiary/aromatic N) is 3. The Balaban J connectivity index is 1.85. The first-order valence-corrected chi connectivity index (χ1v) is 7.22. The summed E-state index contributed by atoms with van der Waals surface area (Å²) in [6, 6.07) is 1.91. The van der Waals surface area contributed by atoms with Crippen LogP contribution in [0.2, 0.25) is 0 Å². The lowest BCUT2D eigenvalue weighted by atomic mass is 10.2. The molecule has 2 rings (SSSR count). The van der Waals surface area contributed by atoms with E-state index >= 15 is 0 Å². The Bertz CT molecular complexity index is 512. The molecule has 2 amide bonds. The van der Waals surface area contributed by atoms with Crippen molar-refractivity contribution in [3.05, 3.63) is 11.8 Å². The highest BCUT2D eigenvalue weighted by molar-refractivity contribution is 5.95. The van der Waals surface area contributed by atoms with Crippen LogP contribution < -0.4 is 10.2 Å². The molecule has 1 aromatic rings. The molecule has 0 spiro atoms. The van der Waals surface area contributed by atoms with Gasteiger partial charge in [-0.25, -0.2) is 4.68 Å². The molecule has 1 N–H and O–H groups in total. The lowest BCUT2D eigenvalue weighted by Crippen LogP contribution is -2.38. The molecule has 2 heterocycles. The van der Waals surface area contributed by atoms with Crippen LogP contribution >= 0.6 is 0 Å². The van der Waals surface area contributed by atoms with Crippen LogP contribution in [-0.4, -0.2) is 48.4 Å². The van der Waals surface area contributed by atoms with Gasteiger partial charge in [0.1, 0.15) is 5.82 Å². The number of carbonyl (C=O) groups excluding carboxylic acids is 2. The van der Waals surface area contributed by atoms with E-state index in [2.05, 4.69) is 10.4 Å². The van der Waals surface area contributed by atoms with Crippen LogP contribution in [0.1, 0.15) is 25.0 Å². The van der Waals surface area contributed by atoms with Crippen molar-refractivity contribution in [2.24, 2.45) is 0 Å². The van der Waals surface area contributed by atoms with Crippen molar-refractivity contribution in [3.8, 4) is 0 Å². The Morgan fingerprint density at radius 2 is 2.19 bits per heavy atom. The summed E-state index contributed by atoms with van der Waals surface area (Å²) in [6.07, 6.45) is 1.30. The molecule has 0 unspecified atom stereocenters. The number of fused-ring (bicyclic) bond motifs is 1. The number of aromatic nitrogens is 2. The molecular weight excluding hydrogens is 272 g/mol. The molecule has 1 aromatic heterocycles. The number of methoxy groups -OCH3 is 1. The molecule has 0 aromatic carbocycles. The van der Waals surface area contributed by atoms with Crippen molar-refractivity contribution in [1.29, 1.82) is 0 Å². The van der Waals surface area contributed by atoms with Crippen molar-refractivity contribution in [3.63, 3.8) is 0 Å². The lowest BCUT2D eigenvalue weighted by molar-refractivity contribution is -0.125. The number of hydrogen-bond donors (Lipinski definition) is 1. The van der Waals surface area contributed by atoms with E-state index in [0.717, 1.165) is 24.5 Å². The van der Waals surface area contributed by atoms with E-state index in [1.807, 2.05) is 17.7 Å². The zero-order valence-corrected chi connectivity index (χ0v) is 12.6. The van der Waals surface area contributed by atoms with Gasteiger partial charge in [0, 0.05) is 45.7 Å². The van der Waals surface area contributed by atoms with Gasteiger partial charge >= 0.3 is 0 Å². The summed E-state index contributed by atoms with van der Waals surface area (Å²) < 4.78 is 6.71. The predicted octanol–water partition coefficient (Wildman–Crippen LogP) is 0.471. The Kier molecular flexibility index (Phi) is 5.32. The summed E-state index contributed by atoms with van der Waals surface area (Å²) in [5, 5.41) is 7.07. The molecule has 7 heteroatoms. The highest BCUT2D eigenvalue weighted by Gasteiger charge is 2.24. The first kappa shape index (κ1) is 15.5. The second-order valence-corrected chi connectivity index (χ2v) is 5.11. The van der Waals surface area contributed by atoms with Crippen LogP contribution in [0.25, 0.3) is 0 Å². The van der Waals surface area contributed by atoms with Crippen LogP contribution in [0.15, 0.2) is 6.07 Å². The van der Waals surface area contributed by atoms with E-state index in [4.69, 9.17) is 4.74 Å². The smallest absolute Gasteiger partial charge is 0.228 e. The van der Waals surface area contributed by atoms with Gasteiger partial charge in [0.2, 0.25) is 11.8 Å². The van der Waals surface area contributed by atoms with Gasteiger partial charge in [-0.2, -0.15) is 5.10 Å². The van der Waals surface area contributed by atoms with E-state index in [0.29, 0.717) is 19.7 Å². The molecule has 0 bridgehead atoms. The van der Waals surface area contributed by atoms with Gasteiger partial charge in [-0.1, -0.05) is 0 Å². The molecule has 0 fully saturated rings. The summed E-state index contributed by atoms with van der Waals surface area (Å²) in [6.45, 7) is 4.39. The average molecular weight is 294 g/mol. The van der Waals surface area contributed by atoms with Crippen LogP contribution in [-0.2, 0) is 20.9 Å². The number of ether oxygens (including phenoxy) is 1. The normalized spacial score (nSPS) is 13.9. The van der Waals surface area contributed by atoms with Gasteiger partial charge in [-0.3, -0.25) is 14.5 Å². The van der Waals surface area contributed by atoms with E-state index in [-0.39, 0.29) is 24.7 Å². The SMILES string of the molecule is COCCNC(=O)CCC(=O)N1CCCn2nc(C)cc21. The van der Waals surface area contributed by atoms with Crippen LogP contribution in [0.3, 0.4) is 0 Å². The van der Waals surface area contributed by atoms with Crippen LogP contribution in [0.4, 0.5) is 5.82 Å². The van der Waals surface area contributed by atoms with Crippen molar-refractivity contribution in [1.82, 2.24) is 15.1 Å². The maximum absolute atomic E-state index is 12.3. The fourth-order valence-corrected chi connectivity index (χ4v) is 2.40. The van der Waals surface area contributed by atoms with Gasteiger partial charge in [0.15, 0.2) is 0 Å². The number of aryl methyl sites for hydroxylation is 2. The van der Waals surface area contributed by atoms with E-state index in [1.165, 1.54) is 0 Å². The highest BCUT2D eigenvalue weighted by atomic mass is 16.5. The zero-order valence-electron chi connectivity index (χ0n) is 12.6. The quantitative estimate of drug-likeness (QED) is 0.774. The van der Waals surface area contributed by atoms with E-state index in [9.17, 15) is 9.59 Å². The van der Waals surface area contributed by atoms with Crippen molar-refractivity contribution < 1.29 is 14.3 Å². The molecule has 0 radical (unpaired) electrons. The third-order valence-electron chi connectivity index (χ3n) is 3.40. The summed E-state index contributed by atoms with van der Waals surface area (Å²) in [4.78, 5) is 25.6. The molecular formula is C14H22N4O3. The molecule has 116 valence electrons. The van der Waals surface area contributed by atoms with Gasteiger partial charge in [0.25, 0.3) is 0 Å². The van der Waals surface area contributed by atoms with E-state index in [1.54, 1.807) is 12.0 Å². The lowest BCUT2D eigenvalue weighted by Gasteiger charge is -2.27. The minimum atomic E-state index is -0.123. The van der Waals surface area contributed by atoms with Crippen molar-refractivity contribution >= 4 is 17.6 Å². The molecule has 0 saturated carbocycles. The first-order valence-electron chi connectivity index (χ1n) is 7.22. The third-order valence-corrected chi connectivity index (χ3v) is 3.40. The summed E-state index contributed by atoms with van der Waals surface area (Å²) in [5.41, 5.74) is 0.905. The Labute approximate surface area is 124 Å². The molecule has 1 aliphatic heterocycles. The third kappa shape index (κ3) is 4.04. The molecule has 1 aliphatic rings. The summed E-state index contributed by atoms with van der Waals surface area (Å²) in [7, 11) is 1.58. The Morgan fingerprint density at radius 3 is 2.95 bits per heavy atom. The monoisotopic (exact) mass is 294 g/mol. The largest absolute Gasteiger partial charge is 0.383 e. The van der Waals surface area contributed by atoms with Gasteiger partial charge in [0.05, 0.1) is 12.3 Å². The van der Waals surface area contributed by atoms with Crippen LogP contribution in [0.5, 0.6) is 0 Å². The number of carbonyl (C=O) groups is 2. The topological polar surface area (TPSA) is 76.5 Å². The number of amides is 2. The van der Waals surface area contributed by atoms with E-state index < -0.39 is 0 Å². The van der Waals surface area contributed by atoms with Crippen molar-refractivity contribution in [2.75, 3.05) is 31.7 Å². The zero-order chi connectivity index (χ0) is 15.2. The maximum atomic E-state index is 12.3. The predicted molar refractivity (Wildman–Crippen MR) is 78.1 cm³/mol. The second kappa shape index (κ2) is 7.21. The van der Waals surface area contributed by atoms with Gasteiger partial charge in [-0.15, -0.1) is 0 Å². The second-order valence-electron chi connectivity index (χ2n) is 5.11. The van der Waals surface area contributed by atoms with Gasteiger partial charge < -0.3 is 10.1 Å². The standard InChI is InChI=1S/C14H22N4O3/c1-11-10-13-17(7-3-8-18(13)16-11)14(20)5-4-12(19)15-6-9-21-2/h10H,3-9H2,1-2H3,(H,15,19). The average Bonchev–Trinajstić information content (AvgIpc) is 2.85. The number of nitrogens with one attached hydrogen (secondary N) is 1. The number of anilines is 1. The Hall–Kier alpha value is -1.89. The number of rotatable bonds is 6. The van der Waals surface area contributed by atoms with Crippen LogP contribution in [0, 0.1) is 6.92 Å². The molecule has 0 atom stereocenters. The fourth-order valence-electron chi connectivity index (χ4n) is 2.40. The molecule has 0 aliphatic carbocycles. The van der Waals surface area contributed by atoms with Crippen molar-refractivity contribution in [2.45, 2.75) is 32.7 Å². The minimum absolute atomic E-state index is 0.0299. The molecule has 21 heavy (non-hydrogen) atoms.